The second-order valence-electron chi connectivity index (χ2n) is 6.42. The molecule has 1 aliphatic carbocycles. The molecule has 0 unspecified atom stereocenters. The zero-order valence-electron chi connectivity index (χ0n) is 14.9. The molecule has 2 heterocycles. The number of hydrogen-bond donors (Lipinski definition) is 2. The summed E-state index contributed by atoms with van der Waals surface area (Å²) in [5.41, 5.74) is 1.13. The topological polar surface area (TPSA) is 95.2 Å². The van der Waals surface area contributed by atoms with Crippen LogP contribution in [0.5, 0.6) is 0 Å². The predicted octanol–water partition coefficient (Wildman–Crippen LogP) is 1.30. The Labute approximate surface area is 159 Å². The summed E-state index contributed by atoms with van der Waals surface area (Å²) in [6.07, 6.45) is 3.46. The van der Waals surface area contributed by atoms with E-state index in [9.17, 15) is 14.4 Å². The summed E-state index contributed by atoms with van der Waals surface area (Å²) in [4.78, 5) is 46.5. The number of nitrogens with zero attached hydrogens (tertiary/aromatic N) is 2. The van der Waals surface area contributed by atoms with Gasteiger partial charge in [-0.15, -0.1) is 11.3 Å². The molecule has 0 atom stereocenters. The van der Waals surface area contributed by atoms with Gasteiger partial charge in [0.2, 0.25) is 11.8 Å². The van der Waals surface area contributed by atoms with Crippen molar-refractivity contribution >= 4 is 45.1 Å². The van der Waals surface area contributed by atoms with Crippen LogP contribution in [0.2, 0.25) is 0 Å². The number of H-pyrrole nitrogens is 1. The normalized spacial score (nSPS) is 13.0. The highest BCUT2D eigenvalue weighted by Crippen LogP contribution is 2.34. The smallest absolute Gasteiger partial charge is 0.259 e. The van der Waals surface area contributed by atoms with Gasteiger partial charge in [0.25, 0.3) is 5.56 Å². The molecule has 0 saturated heterocycles. The van der Waals surface area contributed by atoms with Gasteiger partial charge in [0.1, 0.15) is 10.7 Å². The Morgan fingerprint density at radius 1 is 1.35 bits per heavy atom. The van der Waals surface area contributed by atoms with Crippen molar-refractivity contribution < 1.29 is 9.59 Å². The summed E-state index contributed by atoms with van der Waals surface area (Å²) < 4.78 is 0. The van der Waals surface area contributed by atoms with Crippen LogP contribution in [-0.4, -0.2) is 53.1 Å². The van der Waals surface area contributed by atoms with Gasteiger partial charge < -0.3 is 15.2 Å². The molecule has 0 aliphatic heterocycles. The largest absolute Gasteiger partial charge is 0.347 e. The average molecular weight is 395 g/mol. The molecule has 1 aliphatic rings. The average Bonchev–Trinajstić information content (AvgIpc) is 3.16. The van der Waals surface area contributed by atoms with E-state index in [0.717, 1.165) is 29.5 Å². The lowest BCUT2D eigenvalue weighted by atomic mass is 10.2. The lowest BCUT2D eigenvalue weighted by Crippen LogP contribution is -2.36. The Bertz CT molecular complexity index is 888. The second kappa shape index (κ2) is 8.22. The third-order valence-corrected chi connectivity index (χ3v) is 6.43. The Hall–Kier alpha value is -1.87. The van der Waals surface area contributed by atoms with E-state index in [0.29, 0.717) is 23.8 Å². The van der Waals surface area contributed by atoms with Gasteiger partial charge >= 0.3 is 0 Å². The Kier molecular flexibility index (Phi) is 5.98. The van der Waals surface area contributed by atoms with Crippen LogP contribution in [-0.2, 0) is 28.2 Å². The molecule has 0 spiro atoms. The molecule has 0 bridgehead atoms. The fourth-order valence-corrected chi connectivity index (χ4v) is 4.95. The van der Waals surface area contributed by atoms with Crippen LogP contribution >= 0.6 is 23.1 Å². The van der Waals surface area contributed by atoms with E-state index in [1.54, 1.807) is 25.4 Å². The third kappa shape index (κ3) is 4.27. The number of hydrogen-bond acceptors (Lipinski definition) is 6. The number of likely N-dealkylation sites (N-methyl/N-ethyl adjacent to an activating group) is 1. The molecule has 2 aromatic heterocycles. The minimum Gasteiger partial charge on any atom is -0.347 e. The molecule has 2 N–H and O–H groups in total. The fourth-order valence-electron chi connectivity index (χ4n) is 2.87. The first kappa shape index (κ1) is 18.9. The zero-order valence-corrected chi connectivity index (χ0v) is 16.5. The molecule has 0 fully saturated rings. The van der Waals surface area contributed by atoms with Gasteiger partial charge in [0.15, 0.2) is 0 Å². The lowest BCUT2D eigenvalue weighted by Gasteiger charge is -2.10. The Balaban J connectivity index is 1.49. The highest BCUT2D eigenvalue weighted by atomic mass is 32.2. The van der Waals surface area contributed by atoms with Crippen molar-refractivity contribution in [2.45, 2.75) is 31.4 Å². The number of carbonyl (C=O) groups excluding carboxylic acids is 2. The van der Waals surface area contributed by atoms with Gasteiger partial charge in [-0.1, -0.05) is 0 Å². The van der Waals surface area contributed by atoms with E-state index in [-0.39, 0.29) is 23.9 Å². The first-order chi connectivity index (χ1) is 12.5. The van der Waals surface area contributed by atoms with E-state index in [1.165, 1.54) is 27.1 Å². The minimum atomic E-state index is -0.153. The van der Waals surface area contributed by atoms with Gasteiger partial charge in [-0.2, -0.15) is 11.8 Å². The molecule has 7 nitrogen and oxygen atoms in total. The molecule has 140 valence electrons. The minimum absolute atomic E-state index is 0.0189. The molecular weight excluding hydrogens is 372 g/mol. The maximum absolute atomic E-state index is 12.4. The number of amides is 2. The first-order valence-electron chi connectivity index (χ1n) is 8.53. The van der Waals surface area contributed by atoms with E-state index in [4.69, 9.17) is 0 Å². The highest BCUT2D eigenvalue weighted by molar-refractivity contribution is 7.98. The maximum Gasteiger partial charge on any atom is 0.259 e. The van der Waals surface area contributed by atoms with Crippen LogP contribution in [0.25, 0.3) is 10.2 Å². The number of aryl methyl sites for hydroxylation is 2. The van der Waals surface area contributed by atoms with Gasteiger partial charge in [-0.05, 0) is 24.8 Å². The van der Waals surface area contributed by atoms with Crippen LogP contribution in [0.3, 0.4) is 0 Å². The number of thioether (sulfide) groups is 1. The summed E-state index contributed by atoms with van der Waals surface area (Å²) in [6, 6.07) is 0. The summed E-state index contributed by atoms with van der Waals surface area (Å²) >= 11 is 3.17. The lowest BCUT2D eigenvalue weighted by molar-refractivity contribution is -0.130. The van der Waals surface area contributed by atoms with Gasteiger partial charge in [-0.25, -0.2) is 4.98 Å². The number of carbonyl (C=O) groups is 2. The summed E-state index contributed by atoms with van der Waals surface area (Å²) in [5.74, 6) is 1.52. The molecular formula is C17H22N4O3S2. The van der Waals surface area contributed by atoms with Crippen LogP contribution in [0.1, 0.15) is 29.1 Å². The van der Waals surface area contributed by atoms with E-state index in [1.807, 2.05) is 0 Å². The predicted molar refractivity (Wildman–Crippen MR) is 105 cm³/mol. The molecule has 0 radical (unpaired) electrons. The van der Waals surface area contributed by atoms with Crippen molar-refractivity contribution in [3.8, 4) is 0 Å². The first-order valence-corrected chi connectivity index (χ1v) is 10.5. The SMILES string of the molecule is CN(C)C(=O)CNC(=O)CCSCc1nc2sc3c(c2c(=O)[nH]1)CCC3. The highest BCUT2D eigenvalue weighted by Gasteiger charge is 2.21. The van der Waals surface area contributed by atoms with E-state index >= 15 is 0 Å². The van der Waals surface area contributed by atoms with Crippen molar-refractivity contribution in [1.82, 2.24) is 20.2 Å². The number of nitrogens with one attached hydrogen (secondary N) is 2. The number of fused-ring (bicyclic) bond motifs is 3. The van der Waals surface area contributed by atoms with Crippen LogP contribution < -0.4 is 10.9 Å². The van der Waals surface area contributed by atoms with Gasteiger partial charge in [-0.3, -0.25) is 14.4 Å². The summed E-state index contributed by atoms with van der Waals surface area (Å²) in [5, 5.41) is 3.37. The number of rotatable bonds is 7. The van der Waals surface area contributed by atoms with Crippen molar-refractivity contribution in [1.29, 1.82) is 0 Å². The quantitative estimate of drug-likeness (QED) is 0.690. The third-order valence-electron chi connectivity index (χ3n) is 4.27. The number of aromatic amines is 1. The molecule has 0 saturated carbocycles. The Morgan fingerprint density at radius 2 is 2.15 bits per heavy atom. The molecule has 0 aromatic carbocycles. The van der Waals surface area contributed by atoms with Crippen LogP contribution in [0.4, 0.5) is 0 Å². The molecule has 3 rings (SSSR count). The number of thiophene rings is 1. The fraction of sp³-hybridized carbons (Fsp3) is 0.529. The van der Waals surface area contributed by atoms with Crippen molar-refractivity contribution in [2.75, 3.05) is 26.4 Å². The van der Waals surface area contributed by atoms with Crippen molar-refractivity contribution in [2.24, 2.45) is 0 Å². The van der Waals surface area contributed by atoms with Crippen LogP contribution in [0.15, 0.2) is 4.79 Å². The van der Waals surface area contributed by atoms with Crippen molar-refractivity contribution in [3.05, 3.63) is 26.6 Å². The monoisotopic (exact) mass is 394 g/mol. The van der Waals surface area contributed by atoms with Crippen LogP contribution in [0, 0.1) is 0 Å². The molecule has 9 heteroatoms. The summed E-state index contributed by atoms with van der Waals surface area (Å²) in [6.45, 7) is 0.0189. The standard InChI is InChI=1S/C17H22N4O3S2/c1-21(2)14(23)8-18-13(22)6-7-25-9-12-19-16(24)15-10-4-3-5-11(10)26-17(15)20-12/h3-9H2,1-2H3,(H,18,22)(H,19,20,24). The second-order valence-corrected chi connectivity index (χ2v) is 8.61. The van der Waals surface area contributed by atoms with Gasteiger partial charge in [0, 0.05) is 31.1 Å². The van der Waals surface area contributed by atoms with Crippen molar-refractivity contribution in [3.63, 3.8) is 0 Å². The maximum atomic E-state index is 12.4. The zero-order chi connectivity index (χ0) is 18.7. The summed E-state index contributed by atoms with van der Waals surface area (Å²) in [7, 11) is 3.30. The van der Waals surface area contributed by atoms with Gasteiger partial charge in [0.05, 0.1) is 17.7 Å². The molecule has 2 amide bonds. The Morgan fingerprint density at radius 3 is 2.92 bits per heavy atom. The van der Waals surface area contributed by atoms with E-state index in [2.05, 4.69) is 15.3 Å². The van der Waals surface area contributed by atoms with E-state index < -0.39 is 0 Å². The number of aromatic nitrogens is 2. The molecule has 26 heavy (non-hydrogen) atoms. The molecule has 2 aromatic rings.